The summed E-state index contributed by atoms with van der Waals surface area (Å²) in [5.74, 6) is 0.757. The molecule has 1 atom stereocenters. The molecule has 0 heterocycles. The Bertz CT molecular complexity index is 755. The third kappa shape index (κ3) is 5.74. The van der Waals surface area contributed by atoms with Crippen LogP contribution in [0.1, 0.15) is 31.1 Å². The zero-order valence-electron chi connectivity index (χ0n) is 16.1. The van der Waals surface area contributed by atoms with Gasteiger partial charge in [-0.25, -0.2) is 0 Å². The van der Waals surface area contributed by atoms with E-state index in [4.69, 9.17) is 9.47 Å². The second-order valence-corrected chi connectivity index (χ2v) is 6.37. The normalized spacial score (nSPS) is 11.6. The molecule has 0 spiro atoms. The maximum Gasteiger partial charge on any atom is 0.251 e. The summed E-state index contributed by atoms with van der Waals surface area (Å²) in [6.07, 6.45) is 0. The molecule has 2 aromatic rings. The Balaban J connectivity index is 2.04. The highest BCUT2D eigenvalue weighted by Gasteiger charge is 2.24. The number of ether oxygens (including phenoxy) is 2. The lowest BCUT2D eigenvalue weighted by Crippen LogP contribution is -2.47. The molecule has 0 fully saturated rings. The fourth-order valence-electron chi connectivity index (χ4n) is 2.52. The average molecular weight is 370 g/mol. The molecule has 0 aliphatic rings. The van der Waals surface area contributed by atoms with E-state index in [2.05, 4.69) is 10.6 Å². The lowest BCUT2D eigenvalue weighted by Gasteiger charge is -2.22. The Kier molecular flexibility index (Phi) is 7.23. The lowest BCUT2D eigenvalue weighted by atomic mass is 10.0. The predicted octanol–water partition coefficient (Wildman–Crippen LogP) is 3.49. The fourth-order valence-corrected chi connectivity index (χ4v) is 2.52. The van der Waals surface area contributed by atoms with Gasteiger partial charge in [-0.05, 0) is 61.4 Å². The minimum atomic E-state index is -0.661. The molecule has 0 aliphatic heterocycles. The summed E-state index contributed by atoms with van der Waals surface area (Å²) in [5.41, 5.74) is 1.11. The molecular formula is C21H26N2O4. The summed E-state index contributed by atoms with van der Waals surface area (Å²) >= 11 is 0. The molecule has 0 saturated heterocycles. The predicted molar refractivity (Wildman–Crippen MR) is 105 cm³/mol. The Morgan fingerprint density at radius 2 is 1.56 bits per heavy atom. The number of hydrogen-bond donors (Lipinski definition) is 2. The van der Waals surface area contributed by atoms with E-state index in [1.54, 1.807) is 55.6 Å². The van der Waals surface area contributed by atoms with Crippen molar-refractivity contribution in [2.45, 2.75) is 26.8 Å². The molecule has 6 heteroatoms. The number of carbonyl (C=O) groups excluding carboxylic acids is 2. The van der Waals surface area contributed by atoms with Gasteiger partial charge < -0.3 is 20.1 Å². The van der Waals surface area contributed by atoms with Gasteiger partial charge in [0.1, 0.15) is 17.5 Å². The number of methoxy groups -OCH3 is 1. The highest BCUT2D eigenvalue weighted by Crippen LogP contribution is 2.17. The van der Waals surface area contributed by atoms with Gasteiger partial charge in [0, 0.05) is 11.3 Å². The van der Waals surface area contributed by atoms with E-state index in [1.807, 2.05) is 20.8 Å². The van der Waals surface area contributed by atoms with Gasteiger partial charge >= 0.3 is 0 Å². The molecule has 2 N–H and O–H groups in total. The van der Waals surface area contributed by atoms with Crippen LogP contribution in [0.3, 0.4) is 0 Å². The molecular weight excluding hydrogens is 344 g/mol. The van der Waals surface area contributed by atoms with Crippen LogP contribution in [-0.4, -0.2) is 31.6 Å². The summed E-state index contributed by atoms with van der Waals surface area (Å²) in [7, 11) is 1.56. The smallest absolute Gasteiger partial charge is 0.251 e. The van der Waals surface area contributed by atoms with Gasteiger partial charge in [0.2, 0.25) is 5.91 Å². The topological polar surface area (TPSA) is 76.7 Å². The second kappa shape index (κ2) is 9.62. The summed E-state index contributed by atoms with van der Waals surface area (Å²) in [6, 6.07) is 13.2. The molecule has 1 unspecified atom stereocenters. The van der Waals surface area contributed by atoms with Gasteiger partial charge in [-0.1, -0.05) is 13.8 Å². The van der Waals surface area contributed by atoms with Gasteiger partial charge in [0.15, 0.2) is 0 Å². The second-order valence-electron chi connectivity index (χ2n) is 6.37. The zero-order valence-corrected chi connectivity index (χ0v) is 16.1. The van der Waals surface area contributed by atoms with Crippen LogP contribution in [0.15, 0.2) is 48.5 Å². The van der Waals surface area contributed by atoms with Crippen LogP contribution >= 0.6 is 0 Å². The Morgan fingerprint density at radius 1 is 0.963 bits per heavy atom. The van der Waals surface area contributed by atoms with E-state index in [0.29, 0.717) is 23.6 Å². The van der Waals surface area contributed by atoms with Crippen LogP contribution < -0.4 is 20.1 Å². The number of rotatable bonds is 8. The molecule has 6 nitrogen and oxygen atoms in total. The number of hydrogen-bond acceptors (Lipinski definition) is 4. The largest absolute Gasteiger partial charge is 0.497 e. The van der Waals surface area contributed by atoms with Crippen molar-refractivity contribution >= 4 is 17.5 Å². The highest BCUT2D eigenvalue weighted by molar-refractivity contribution is 6.01. The molecule has 0 radical (unpaired) electrons. The first-order valence-corrected chi connectivity index (χ1v) is 8.93. The standard InChI is InChI=1S/C21H26N2O4/c1-5-27-18-12-8-16(9-13-18)22-21(25)19(14(2)3)23-20(24)15-6-10-17(26-4)11-7-15/h6-14,19H,5H2,1-4H3,(H,22,25)(H,23,24). The lowest BCUT2D eigenvalue weighted by molar-refractivity contribution is -0.118. The monoisotopic (exact) mass is 370 g/mol. The van der Waals surface area contributed by atoms with Crippen LogP contribution in [0.5, 0.6) is 11.5 Å². The zero-order chi connectivity index (χ0) is 19.8. The molecule has 0 aliphatic carbocycles. The number of anilines is 1. The minimum Gasteiger partial charge on any atom is -0.497 e. The van der Waals surface area contributed by atoms with Crippen LogP contribution in [0, 0.1) is 5.92 Å². The molecule has 27 heavy (non-hydrogen) atoms. The van der Waals surface area contributed by atoms with Crippen molar-refractivity contribution in [2.24, 2.45) is 5.92 Å². The van der Waals surface area contributed by atoms with E-state index in [-0.39, 0.29) is 17.7 Å². The molecule has 0 bridgehead atoms. The van der Waals surface area contributed by atoms with Crippen LogP contribution in [-0.2, 0) is 4.79 Å². The van der Waals surface area contributed by atoms with E-state index in [0.717, 1.165) is 5.75 Å². The number of carbonyl (C=O) groups is 2. The first kappa shape index (κ1) is 20.3. The third-order valence-electron chi connectivity index (χ3n) is 4.02. The fraction of sp³-hybridized carbons (Fsp3) is 0.333. The summed E-state index contributed by atoms with van der Waals surface area (Å²) in [6.45, 7) is 6.26. The van der Waals surface area contributed by atoms with E-state index >= 15 is 0 Å². The molecule has 0 saturated carbocycles. The van der Waals surface area contributed by atoms with Gasteiger partial charge in [0.25, 0.3) is 5.91 Å². The van der Waals surface area contributed by atoms with Crippen molar-refractivity contribution in [3.8, 4) is 11.5 Å². The Morgan fingerprint density at radius 3 is 2.07 bits per heavy atom. The molecule has 2 amide bonds. The molecule has 144 valence electrons. The van der Waals surface area contributed by atoms with Gasteiger partial charge in [-0.15, -0.1) is 0 Å². The molecule has 2 rings (SSSR count). The summed E-state index contributed by atoms with van der Waals surface area (Å²) in [4.78, 5) is 25.1. The van der Waals surface area contributed by atoms with Gasteiger partial charge in [0.05, 0.1) is 13.7 Å². The average Bonchev–Trinajstić information content (AvgIpc) is 2.67. The summed E-state index contributed by atoms with van der Waals surface area (Å²) < 4.78 is 10.5. The number of benzene rings is 2. The van der Waals surface area contributed by atoms with Crippen LogP contribution in [0.4, 0.5) is 5.69 Å². The van der Waals surface area contributed by atoms with Crippen molar-refractivity contribution in [3.05, 3.63) is 54.1 Å². The highest BCUT2D eigenvalue weighted by atomic mass is 16.5. The quantitative estimate of drug-likeness (QED) is 0.746. The molecule has 0 aromatic heterocycles. The van der Waals surface area contributed by atoms with Gasteiger partial charge in [-0.3, -0.25) is 9.59 Å². The Labute approximate surface area is 159 Å². The van der Waals surface area contributed by atoms with E-state index < -0.39 is 6.04 Å². The number of nitrogens with one attached hydrogen (secondary N) is 2. The van der Waals surface area contributed by atoms with E-state index in [9.17, 15) is 9.59 Å². The Hall–Kier alpha value is -3.02. The first-order valence-electron chi connectivity index (χ1n) is 8.93. The maximum absolute atomic E-state index is 12.7. The first-order chi connectivity index (χ1) is 12.9. The van der Waals surface area contributed by atoms with Crippen LogP contribution in [0.25, 0.3) is 0 Å². The van der Waals surface area contributed by atoms with E-state index in [1.165, 1.54) is 0 Å². The summed E-state index contributed by atoms with van der Waals surface area (Å²) in [5, 5.41) is 5.64. The van der Waals surface area contributed by atoms with Crippen LogP contribution in [0.2, 0.25) is 0 Å². The van der Waals surface area contributed by atoms with Crippen molar-refractivity contribution in [1.29, 1.82) is 0 Å². The van der Waals surface area contributed by atoms with Crippen molar-refractivity contribution in [3.63, 3.8) is 0 Å². The van der Waals surface area contributed by atoms with Gasteiger partial charge in [-0.2, -0.15) is 0 Å². The minimum absolute atomic E-state index is 0.0742. The van der Waals surface area contributed by atoms with Crippen molar-refractivity contribution in [1.82, 2.24) is 5.32 Å². The van der Waals surface area contributed by atoms with Crippen molar-refractivity contribution in [2.75, 3.05) is 19.0 Å². The SMILES string of the molecule is CCOc1ccc(NC(=O)C(NC(=O)c2ccc(OC)cc2)C(C)C)cc1. The number of amides is 2. The molecule has 2 aromatic carbocycles. The third-order valence-corrected chi connectivity index (χ3v) is 4.02. The maximum atomic E-state index is 12.7. The van der Waals surface area contributed by atoms with Crippen molar-refractivity contribution < 1.29 is 19.1 Å².